The Labute approximate surface area is 109 Å². The van der Waals surface area contributed by atoms with Gasteiger partial charge in [-0.05, 0) is 31.5 Å². The van der Waals surface area contributed by atoms with Crippen LogP contribution in [-0.4, -0.2) is 36.7 Å². The van der Waals surface area contributed by atoms with Crippen LogP contribution in [0.1, 0.15) is 25.8 Å². The minimum atomic E-state index is -0.0249. The van der Waals surface area contributed by atoms with Gasteiger partial charge < -0.3 is 10.1 Å². The van der Waals surface area contributed by atoms with Gasteiger partial charge in [-0.25, -0.2) is 0 Å². The third-order valence-electron chi connectivity index (χ3n) is 4.12. The summed E-state index contributed by atoms with van der Waals surface area (Å²) in [7, 11) is 0. The van der Waals surface area contributed by atoms with Crippen molar-refractivity contribution >= 4 is 5.69 Å². The molecule has 1 N–H and O–H groups in total. The topological polar surface area (TPSA) is 24.5 Å². The molecule has 98 valence electrons. The molecule has 1 atom stereocenters. The van der Waals surface area contributed by atoms with Gasteiger partial charge in [0.2, 0.25) is 0 Å². The summed E-state index contributed by atoms with van der Waals surface area (Å²) in [5.74, 6) is 1.00. The summed E-state index contributed by atoms with van der Waals surface area (Å²) in [5, 5.41) is 3.41. The Hall–Kier alpha value is -1.22. The average molecular weight is 246 g/mol. The number of nitrogens with one attached hydrogen (secondary N) is 1. The molecule has 1 fully saturated rings. The number of fused-ring (bicyclic) bond motifs is 1. The monoisotopic (exact) mass is 246 g/mol. The normalized spacial score (nSPS) is 27.0. The van der Waals surface area contributed by atoms with Crippen LogP contribution in [0.3, 0.4) is 0 Å². The fourth-order valence-corrected chi connectivity index (χ4v) is 3.00. The summed E-state index contributed by atoms with van der Waals surface area (Å²) in [4.78, 5) is 2.45. The summed E-state index contributed by atoms with van der Waals surface area (Å²) < 4.78 is 6.24. The lowest BCUT2D eigenvalue weighted by molar-refractivity contribution is 0.0970. The van der Waals surface area contributed by atoms with E-state index < -0.39 is 0 Å². The molecule has 3 nitrogen and oxygen atoms in total. The fourth-order valence-electron chi connectivity index (χ4n) is 3.00. The van der Waals surface area contributed by atoms with Crippen molar-refractivity contribution < 1.29 is 4.74 Å². The van der Waals surface area contributed by atoms with Gasteiger partial charge in [-0.15, -0.1) is 0 Å². The molecule has 2 aliphatic heterocycles. The van der Waals surface area contributed by atoms with Gasteiger partial charge in [0.15, 0.2) is 0 Å². The molecular weight excluding hydrogens is 224 g/mol. The molecule has 3 heteroatoms. The first-order chi connectivity index (χ1) is 8.68. The highest BCUT2D eigenvalue weighted by molar-refractivity contribution is 5.58. The van der Waals surface area contributed by atoms with E-state index in [-0.39, 0.29) is 5.60 Å². The molecule has 18 heavy (non-hydrogen) atoms. The molecule has 1 saturated heterocycles. The van der Waals surface area contributed by atoms with Crippen molar-refractivity contribution in [1.29, 1.82) is 0 Å². The Morgan fingerprint density at radius 2 is 2.33 bits per heavy atom. The first-order valence-electron chi connectivity index (χ1n) is 6.97. The van der Waals surface area contributed by atoms with Crippen molar-refractivity contribution in [1.82, 2.24) is 4.90 Å². The minimum Gasteiger partial charge on any atom is -0.486 e. The van der Waals surface area contributed by atoms with E-state index in [1.165, 1.54) is 11.3 Å². The van der Waals surface area contributed by atoms with Gasteiger partial charge in [-0.2, -0.15) is 0 Å². The van der Waals surface area contributed by atoms with Crippen molar-refractivity contribution in [2.24, 2.45) is 0 Å². The van der Waals surface area contributed by atoms with Crippen molar-refractivity contribution in [3.63, 3.8) is 0 Å². The molecule has 0 amide bonds. The molecule has 0 aromatic heterocycles. The second kappa shape index (κ2) is 4.47. The Kier molecular flexibility index (Phi) is 2.94. The second-order valence-corrected chi connectivity index (χ2v) is 5.67. The van der Waals surface area contributed by atoms with Gasteiger partial charge in [-0.1, -0.05) is 13.0 Å². The average Bonchev–Trinajstić information content (AvgIpc) is 2.95. The van der Waals surface area contributed by atoms with Gasteiger partial charge in [0.25, 0.3) is 0 Å². The SMILES string of the molecule is CCN1CCC(C)(Oc2ccc3c(c2)NCC3)C1. The maximum Gasteiger partial charge on any atom is 0.122 e. The molecular formula is C15H22N2O. The number of hydrogen-bond acceptors (Lipinski definition) is 3. The molecule has 0 radical (unpaired) electrons. The summed E-state index contributed by atoms with van der Waals surface area (Å²) in [5.41, 5.74) is 2.64. The van der Waals surface area contributed by atoms with E-state index in [1.807, 2.05) is 0 Å². The molecule has 1 unspecified atom stereocenters. The summed E-state index contributed by atoms with van der Waals surface area (Å²) in [6.45, 7) is 8.79. The third-order valence-corrected chi connectivity index (χ3v) is 4.12. The van der Waals surface area contributed by atoms with Crippen LogP contribution < -0.4 is 10.1 Å². The molecule has 1 aromatic carbocycles. The molecule has 3 rings (SSSR count). The third kappa shape index (κ3) is 2.19. The summed E-state index contributed by atoms with van der Waals surface area (Å²) in [6, 6.07) is 6.47. The number of likely N-dealkylation sites (tertiary alicyclic amines) is 1. The highest BCUT2D eigenvalue weighted by atomic mass is 16.5. The van der Waals surface area contributed by atoms with E-state index in [2.05, 4.69) is 42.3 Å². The van der Waals surface area contributed by atoms with Crippen molar-refractivity contribution in [2.45, 2.75) is 32.3 Å². The standard InChI is InChI=1S/C15H22N2O/c1-3-17-9-7-15(2,11-17)18-13-5-4-12-6-8-16-14(12)10-13/h4-5,10,16H,3,6-9,11H2,1-2H3. The quantitative estimate of drug-likeness (QED) is 0.887. The van der Waals surface area contributed by atoms with Crippen LogP contribution in [0.2, 0.25) is 0 Å². The second-order valence-electron chi connectivity index (χ2n) is 5.67. The van der Waals surface area contributed by atoms with E-state index in [4.69, 9.17) is 4.74 Å². The maximum atomic E-state index is 6.24. The Balaban J connectivity index is 1.73. The van der Waals surface area contributed by atoms with Crippen molar-refractivity contribution in [2.75, 3.05) is 31.5 Å². The highest BCUT2D eigenvalue weighted by Crippen LogP contribution is 2.32. The lowest BCUT2D eigenvalue weighted by atomic mass is 10.1. The van der Waals surface area contributed by atoms with Crippen LogP contribution in [-0.2, 0) is 6.42 Å². The van der Waals surface area contributed by atoms with E-state index in [0.717, 1.165) is 44.8 Å². The molecule has 0 bridgehead atoms. The number of rotatable bonds is 3. The predicted octanol–water partition coefficient (Wildman–Crippen LogP) is 2.52. The van der Waals surface area contributed by atoms with E-state index in [1.54, 1.807) is 0 Å². The molecule has 0 aliphatic carbocycles. The number of likely N-dealkylation sites (N-methyl/N-ethyl adjacent to an activating group) is 1. The summed E-state index contributed by atoms with van der Waals surface area (Å²) in [6.07, 6.45) is 2.25. The van der Waals surface area contributed by atoms with Crippen molar-refractivity contribution in [3.8, 4) is 5.75 Å². The van der Waals surface area contributed by atoms with Crippen molar-refractivity contribution in [3.05, 3.63) is 23.8 Å². The van der Waals surface area contributed by atoms with Gasteiger partial charge in [0.05, 0.1) is 0 Å². The lowest BCUT2D eigenvalue weighted by Gasteiger charge is -2.26. The molecule has 2 heterocycles. The molecule has 0 spiro atoms. The summed E-state index contributed by atoms with van der Waals surface area (Å²) >= 11 is 0. The van der Waals surface area contributed by atoms with Crippen LogP contribution in [0.5, 0.6) is 5.75 Å². The largest absolute Gasteiger partial charge is 0.486 e. The van der Waals surface area contributed by atoms with E-state index >= 15 is 0 Å². The van der Waals surface area contributed by atoms with E-state index in [0.29, 0.717) is 0 Å². The predicted molar refractivity (Wildman–Crippen MR) is 74.4 cm³/mol. The number of anilines is 1. The maximum absolute atomic E-state index is 6.24. The first-order valence-corrected chi connectivity index (χ1v) is 6.97. The van der Waals surface area contributed by atoms with Gasteiger partial charge in [0.1, 0.15) is 11.4 Å². The molecule has 1 aromatic rings. The van der Waals surface area contributed by atoms with Crippen LogP contribution in [0.15, 0.2) is 18.2 Å². The number of benzene rings is 1. The van der Waals surface area contributed by atoms with Gasteiger partial charge in [0, 0.05) is 37.8 Å². The van der Waals surface area contributed by atoms with E-state index in [9.17, 15) is 0 Å². The fraction of sp³-hybridized carbons (Fsp3) is 0.600. The smallest absolute Gasteiger partial charge is 0.122 e. The lowest BCUT2D eigenvalue weighted by Crippen LogP contribution is -2.36. The zero-order valence-corrected chi connectivity index (χ0v) is 11.3. The Morgan fingerprint density at radius 3 is 3.11 bits per heavy atom. The van der Waals surface area contributed by atoms with Crippen LogP contribution in [0.25, 0.3) is 0 Å². The Morgan fingerprint density at radius 1 is 1.44 bits per heavy atom. The molecule has 2 aliphatic rings. The van der Waals surface area contributed by atoms with Gasteiger partial charge in [-0.3, -0.25) is 4.90 Å². The van der Waals surface area contributed by atoms with Crippen LogP contribution in [0.4, 0.5) is 5.69 Å². The first kappa shape index (κ1) is 11.8. The minimum absolute atomic E-state index is 0.0249. The zero-order chi connectivity index (χ0) is 12.6. The van der Waals surface area contributed by atoms with Crippen LogP contribution in [0, 0.1) is 0 Å². The zero-order valence-electron chi connectivity index (χ0n) is 11.3. The van der Waals surface area contributed by atoms with Crippen LogP contribution >= 0.6 is 0 Å². The number of ether oxygens (including phenoxy) is 1. The number of nitrogens with zero attached hydrogens (tertiary/aromatic N) is 1. The highest BCUT2D eigenvalue weighted by Gasteiger charge is 2.35. The van der Waals surface area contributed by atoms with Gasteiger partial charge >= 0.3 is 0 Å². The Bertz CT molecular complexity index is 446. The number of hydrogen-bond donors (Lipinski definition) is 1. The molecule has 0 saturated carbocycles.